The van der Waals surface area contributed by atoms with Gasteiger partial charge >= 0.3 is 0 Å². The van der Waals surface area contributed by atoms with E-state index in [0.29, 0.717) is 0 Å². The molecule has 96 valence electrons. The first-order chi connectivity index (χ1) is 7.88. The van der Waals surface area contributed by atoms with Gasteiger partial charge in [-0.3, -0.25) is 0 Å². The van der Waals surface area contributed by atoms with Gasteiger partial charge in [-0.25, -0.2) is 0 Å². The minimum atomic E-state index is 0.834. The van der Waals surface area contributed by atoms with Gasteiger partial charge in [0.05, 0.1) is 0 Å². The summed E-state index contributed by atoms with van der Waals surface area (Å²) in [6.45, 7) is 5.66. The Morgan fingerprint density at radius 1 is 1.12 bits per heavy atom. The van der Waals surface area contributed by atoms with E-state index in [2.05, 4.69) is 30.9 Å². The largest absolute Gasteiger partial charge is 0.314 e. The quantitative estimate of drug-likeness (QED) is 0.612. The van der Waals surface area contributed by atoms with Gasteiger partial charge in [-0.05, 0) is 49.7 Å². The lowest BCUT2D eigenvalue weighted by molar-refractivity contribution is 0.400. The fraction of sp³-hybridized carbons (Fsp3) is 1.00. The molecule has 1 nitrogen and oxygen atoms in total. The van der Waals surface area contributed by atoms with E-state index < -0.39 is 0 Å². The molecule has 1 saturated carbocycles. The lowest BCUT2D eigenvalue weighted by atomic mass is 10.0. The second-order valence-corrected chi connectivity index (χ2v) is 6.19. The predicted molar refractivity (Wildman–Crippen MR) is 76.3 cm³/mol. The molecule has 1 rings (SSSR count). The summed E-state index contributed by atoms with van der Waals surface area (Å²) >= 11 is 2.17. The Kier molecular flexibility index (Phi) is 8.40. The van der Waals surface area contributed by atoms with Gasteiger partial charge in [0.2, 0.25) is 0 Å². The lowest BCUT2D eigenvalue weighted by Crippen LogP contribution is -2.32. The number of hydrogen-bond donors (Lipinski definition) is 1. The Bertz CT molecular complexity index is 161. The van der Waals surface area contributed by atoms with Gasteiger partial charge in [-0.1, -0.05) is 33.1 Å². The van der Waals surface area contributed by atoms with E-state index >= 15 is 0 Å². The van der Waals surface area contributed by atoms with Crippen LogP contribution in [-0.4, -0.2) is 24.1 Å². The minimum absolute atomic E-state index is 0.834. The van der Waals surface area contributed by atoms with E-state index in [0.717, 1.165) is 18.5 Å². The van der Waals surface area contributed by atoms with Crippen molar-refractivity contribution in [1.29, 1.82) is 0 Å². The average molecular weight is 243 g/mol. The highest BCUT2D eigenvalue weighted by atomic mass is 32.2. The van der Waals surface area contributed by atoms with Crippen LogP contribution in [0.15, 0.2) is 0 Å². The molecule has 1 N–H and O–H groups in total. The third-order valence-corrected chi connectivity index (χ3v) is 4.75. The first-order valence-electron chi connectivity index (χ1n) is 7.19. The molecule has 0 bridgehead atoms. The number of unbranched alkanes of at least 4 members (excludes halogenated alkanes) is 2. The fourth-order valence-electron chi connectivity index (χ4n) is 2.70. The van der Waals surface area contributed by atoms with Gasteiger partial charge in [0.25, 0.3) is 0 Å². The maximum atomic E-state index is 3.65. The van der Waals surface area contributed by atoms with Gasteiger partial charge in [-0.2, -0.15) is 11.8 Å². The first kappa shape index (κ1) is 14.4. The number of hydrogen-bond acceptors (Lipinski definition) is 2. The molecule has 0 heterocycles. The minimum Gasteiger partial charge on any atom is -0.314 e. The molecule has 2 unspecified atom stereocenters. The molecular weight excluding hydrogens is 214 g/mol. The predicted octanol–water partition coefficient (Wildman–Crippen LogP) is 4.08. The van der Waals surface area contributed by atoms with Crippen LogP contribution in [0.3, 0.4) is 0 Å². The van der Waals surface area contributed by atoms with Crippen LogP contribution in [0, 0.1) is 5.92 Å². The van der Waals surface area contributed by atoms with Crippen LogP contribution in [0.2, 0.25) is 0 Å². The summed E-state index contributed by atoms with van der Waals surface area (Å²) in [5.41, 5.74) is 0. The Morgan fingerprint density at radius 2 is 2.00 bits per heavy atom. The highest BCUT2D eigenvalue weighted by Crippen LogP contribution is 2.29. The summed E-state index contributed by atoms with van der Waals surface area (Å²) in [4.78, 5) is 0. The van der Waals surface area contributed by atoms with Crippen LogP contribution in [0.4, 0.5) is 0 Å². The fourth-order valence-corrected chi connectivity index (χ4v) is 3.79. The molecule has 0 spiro atoms. The van der Waals surface area contributed by atoms with Crippen LogP contribution >= 0.6 is 11.8 Å². The van der Waals surface area contributed by atoms with Gasteiger partial charge in [0.1, 0.15) is 0 Å². The van der Waals surface area contributed by atoms with Crippen molar-refractivity contribution in [3.8, 4) is 0 Å². The third kappa shape index (κ3) is 5.58. The number of rotatable bonds is 9. The molecular formula is C14H29NS. The van der Waals surface area contributed by atoms with E-state index in [-0.39, 0.29) is 0 Å². The van der Waals surface area contributed by atoms with E-state index in [1.54, 1.807) is 0 Å². The Hall–Kier alpha value is 0.310. The lowest BCUT2D eigenvalue weighted by Gasteiger charge is -2.20. The maximum Gasteiger partial charge on any atom is 0.00955 e. The van der Waals surface area contributed by atoms with Crippen LogP contribution in [-0.2, 0) is 0 Å². The van der Waals surface area contributed by atoms with Crippen molar-refractivity contribution in [3.05, 3.63) is 0 Å². The van der Waals surface area contributed by atoms with Crippen molar-refractivity contribution < 1.29 is 0 Å². The van der Waals surface area contributed by atoms with E-state index in [9.17, 15) is 0 Å². The molecule has 1 fully saturated rings. The maximum absolute atomic E-state index is 3.65. The van der Waals surface area contributed by atoms with Crippen molar-refractivity contribution in [3.63, 3.8) is 0 Å². The van der Waals surface area contributed by atoms with E-state index in [1.165, 1.54) is 56.5 Å². The second-order valence-electron chi connectivity index (χ2n) is 4.96. The summed E-state index contributed by atoms with van der Waals surface area (Å²) in [5.74, 6) is 3.74. The van der Waals surface area contributed by atoms with Crippen LogP contribution in [0.25, 0.3) is 0 Å². The molecule has 1 aliphatic carbocycles. The highest BCUT2D eigenvalue weighted by molar-refractivity contribution is 7.99. The van der Waals surface area contributed by atoms with Crippen LogP contribution in [0.1, 0.15) is 58.8 Å². The van der Waals surface area contributed by atoms with Crippen molar-refractivity contribution in [2.75, 3.05) is 18.1 Å². The number of thioether (sulfide) groups is 1. The second kappa shape index (κ2) is 9.35. The molecule has 0 aromatic carbocycles. The van der Waals surface area contributed by atoms with Crippen molar-refractivity contribution in [1.82, 2.24) is 5.32 Å². The molecule has 0 saturated heterocycles. The normalized spacial score (nSPS) is 25.1. The van der Waals surface area contributed by atoms with Crippen molar-refractivity contribution in [2.24, 2.45) is 5.92 Å². The van der Waals surface area contributed by atoms with Crippen molar-refractivity contribution >= 4 is 11.8 Å². The van der Waals surface area contributed by atoms with Gasteiger partial charge in [-0.15, -0.1) is 0 Å². The van der Waals surface area contributed by atoms with E-state index in [4.69, 9.17) is 0 Å². The smallest absolute Gasteiger partial charge is 0.00955 e. The standard InChI is InChI=1S/C14H29NS/c1-3-5-6-11-16-12-10-13-8-7-9-14(13)15-4-2/h13-15H,3-12H2,1-2H3. The first-order valence-corrected chi connectivity index (χ1v) is 8.35. The molecule has 0 radical (unpaired) electrons. The van der Waals surface area contributed by atoms with Crippen LogP contribution < -0.4 is 5.32 Å². The monoisotopic (exact) mass is 243 g/mol. The molecule has 2 atom stereocenters. The molecule has 0 aromatic heterocycles. The van der Waals surface area contributed by atoms with Crippen molar-refractivity contribution in [2.45, 2.75) is 64.8 Å². The Balaban J connectivity index is 1.99. The zero-order chi connectivity index (χ0) is 11.6. The molecule has 1 aliphatic rings. The number of nitrogens with one attached hydrogen (secondary N) is 1. The van der Waals surface area contributed by atoms with Gasteiger partial charge in [0.15, 0.2) is 0 Å². The Labute approximate surface area is 106 Å². The summed E-state index contributed by atoms with van der Waals surface area (Å²) in [7, 11) is 0. The SMILES string of the molecule is CCCCCSCCC1CCCC1NCC. The molecule has 2 heteroatoms. The zero-order valence-corrected chi connectivity index (χ0v) is 12.0. The summed E-state index contributed by atoms with van der Waals surface area (Å²) < 4.78 is 0. The molecule has 0 amide bonds. The van der Waals surface area contributed by atoms with Gasteiger partial charge < -0.3 is 5.32 Å². The van der Waals surface area contributed by atoms with Crippen LogP contribution in [0.5, 0.6) is 0 Å². The zero-order valence-electron chi connectivity index (χ0n) is 11.1. The van der Waals surface area contributed by atoms with E-state index in [1.807, 2.05) is 0 Å². The van der Waals surface area contributed by atoms with Gasteiger partial charge in [0, 0.05) is 6.04 Å². The Morgan fingerprint density at radius 3 is 2.75 bits per heavy atom. The summed E-state index contributed by atoms with van der Waals surface area (Å²) in [6.07, 6.45) is 9.95. The molecule has 0 aliphatic heterocycles. The topological polar surface area (TPSA) is 12.0 Å². The summed E-state index contributed by atoms with van der Waals surface area (Å²) in [5, 5.41) is 3.65. The molecule has 16 heavy (non-hydrogen) atoms. The molecule has 0 aromatic rings. The third-order valence-electron chi connectivity index (χ3n) is 3.65. The average Bonchev–Trinajstić information content (AvgIpc) is 2.72. The summed E-state index contributed by atoms with van der Waals surface area (Å²) in [6, 6.07) is 0.834. The highest BCUT2D eigenvalue weighted by Gasteiger charge is 2.25.